The van der Waals surface area contributed by atoms with Gasteiger partial charge in [-0.15, -0.1) is 10.9 Å². The van der Waals surface area contributed by atoms with E-state index in [9.17, 15) is 10.1 Å². The van der Waals surface area contributed by atoms with Gasteiger partial charge in [0.1, 0.15) is 15.9 Å². The van der Waals surface area contributed by atoms with Crippen LogP contribution >= 0.6 is 22.7 Å². The predicted molar refractivity (Wildman–Crippen MR) is 121 cm³/mol. The van der Waals surface area contributed by atoms with Gasteiger partial charge in [0.25, 0.3) is 5.91 Å². The zero-order valence-corrected chi connectivity index (χ0v) is 17.1. The van der Waals surface area contributed by atoms with E-state index in [-0.39, 0.29) is 5.91 Å². The fourth-order valence-corrected chi connectivity index (χ4v) is 5.67. The Morgan fingerprint density at radius 2 is 1.79 bits per heavy atom. The minimum absolute atomic E-state index is 0.0942. The number of amides is 1. The maximum Gasteiger partial charge on any atom is 0.274 e. The third-order valence-corrected chi connectivity index (χ3v) is 7.28. The molecule has 0 aliphatic carbocycles. The van der Waals surface area contributed by atoms with E-state index in [0.29, 0.717) is 15.4 Å². The van der Waals surface area contributed by atoms with Gasteiger partial charge in [-0.1, -0.05) is 54.2 Å². The van der Waals surface area contributed by atoms with Crippen LogP contribution in [-0.2, 0) is 4.79 Å². The number of carbonyl (C=O) groups is 1. The van der Waals surface area contributed by atoms with Gasteiger partial charge >= 0.3 is 0 Å². The first-order chi connectivity index (χ1) is 14.2. The van der Waals surface area contributed by atoms with E-state index < -0.39 is 0 Å². The maximum atomic E-state index is 13.3. The average Bonchev–Trinajstić information content (AvgIpc) is 3.27. The van der Waals surface area contributed by atoms with Crippen molar-refractivity contribution in [3.05, 3.63) is 94.7 Å². The topological polar surface area (TPSA) is 47.3 Å². The number of rotatable bonds is 2. The Hall–Kier alpha value is -3.27. The number of benzene rings is 2. The molecular formula is C23H15N3OS2. The highest BCUT2D eigenvalue weighted by atomic mass is 32.2. The SMILES string of the molecule is CN1/C(=C/C2=CC=C(C#N)C3=S=C(c4ccccc4)C(=O)N23)Sc2ccccc21. The summed E-state index contributed by atoms with van der Waals surface area (Å²) in [4.78, 5) is 19.6. The second kappa shape index (κ2) is 6.96. The molecule has 140 valence electrons. The molecule has 0 spiro atoms. The van der Waals surface area contributed by atoms with E-state index in [1.54, 1.807) is 22.7 Å². The van der Waals surface area contributed by atoms with Crippen LogP contribution in [0.5, 0.6) is 0 Å². The standard InChI is InChI=1S/C23H15N3OS2/c1-25-18-9-5-6-10-19(18)28-20(25)13-17-12-11-16(14-24)23-26(17)22(27)21(29-23)15-7-3-2-4-8-15/h2-13H,1H3/b20-13-. The second-order valence-corrected chi connectivity index (χ2v) is 8.70. The van der Waals surface area contributed by atoms with Crippen LogP contribution in [0.3, 0.4) is 0 Å². The normalized spacial score (nSPS) is 18.9. The molecule has 0 unspecified atom stereocenters. The molecule has 2 aromatic rings. The lowest BCUT2D eigenvalue weighted by Gasteiger charge is -2.25. The molecule has 0 bridgehead atoms. The van der Waals surface area contributed by atoms with Gasteiger partial charge in [0.05, 0.1) is 22.0 Å². The number of anilines is 1. The lowest BCUT2D eigenvalue weighted by molar-refractivity contribution is -0.118. The number of para-hydroxylation sites is 1. The summed E-state index contributed by atoms with van der Waals surface area (Å²) in [5.74, 6) is -0.0942. The molecule has 0 saturated heterocycles. The fraction of sp³-hybridized carbons (Fsp3) is 0.0435. The number of carbonyl (C=O) groups excluding carboxylic acids is 1. The molecule has 6 heteroatoms. The highest BCUT2D eigenvalue weighted by Crippen LogP contribution is 2.45. The molecule has 3 aliphatic heterocycles. The number of hydrogen-bond acceptors (Lipinski definition) is 4. The van der Waals surface area contributed by atoms with Crippen molar-refractivity contribution in [3.8, 4) is 6.07 Å². The van der Waals surface area contributed by atoms with Crippen molar-refractivity contribution in [1.29, 1.82) is 5.26 Å². The van der Waals surface area contributed by atoms with Crippen molar-refractivity contribution in [3.63, 3.8) is 0 Å². The molecule has 0 atom stereocenters. The monoisotopic (exact) mass is 413 g/mol. The minimum Gasteiger partial charge on any atom is -0.338 e. The zero-order valence-electron chi connectivity index (χ0n) is 15.5. The van der Waals surface area contributed by atoms with Crippen LogP contribution in [0.2, 0.25) is 0 Å². The van der Waals surface area contributed by atoms with Gasteiger partial charge in [-0.05, 0) is 35.9 Å². The Labute approximate surface area is 176 Å². The number of nitriles is 1. The van der Waals surface area contributed by atoms with E-state index in [1.165, 1.54) is 15.8 Å². The largest absolute Gasteiger partial charge is 0.338 e. The van der Waals surface area contributed by atoms with Gasteiger partial charge in [0.15, 0.2) is 0 Å². The van der Waals surface area contributed by atoms with Gasteiger partial charge in [-0.25, -0.2) is 0 Å². The Morgan fingerprint density at radius 3 is 2.55 bits per heavy atom. The lowest BCUT2D eigenvalue weighted by Crippen LogP contribution is -2.37. The molecule has 2 aromatic carbocycles. The van der Waals surface area contributed by atoms with Gasteiger partial charge in [0, 0.05) is 11.9 Å². The average molecular weight is 414 g/mol. The third kappa shape index (κ3) is 2.87. The number of nitrogens with zero attached hydrogens (tertiary/aromatic N) is 3. The van der Waals surface area contributed by atoms with E-state index in [0.717, 1.165) is 22.0 Å². The summed E-state index contributed by atoms with van der Waals surface area (Å²) in [6.45, 7) is 0. The molecule has 0 saturated carbocycles. The zero-order chi connectivity index (χ0) is 20.0. The molecule has 1 amide bonds. The molecular weight excluding hydrogens is 398 g/mol. The molecule has 3 heterocycles. The number of allylic oxidation sites excluding steroid dienone is 3. The molecule has 5 rings (SSSR count). The van der Waals surface area contributed by atoms with Crippen LogP contribution < -0.4 is 4.90 Å². The van der Waals surface area contributed by atoms with Crippen LogP contribution in [0.25, 0.3) is 0 Å². The molecule has 0 aromatic heterocycles. The second-order valence-electron chi connectivity index (χ2n) is 6.64. The van der Waals surface area contributed by atoms with Crippen molar-refractivity contribution < 1.29 is 4.79 Å². The Kier molecular flexibility index (Phi) is 4.27. The third-order valence-electron chi connectivity index (χ3n) is 4.91. The lowest BCUT2D eigenvalue weighted by atomic mass is 10.1. The first-order valence-corrected chi connectivity index (χ1v) is 10.7. The van der Waals surface area contributed by atoms with Crippen molar-refractivity contribution in [2.45, 2.75) is 4.90 Å². The number of thioether (sulfide) groups is 1. The van der Waals surface area contributed by atoms with Gasteiger partial charge in [-0.3, -0.25) is 9.69 Å². The maximum absolute atomic E-state index is 13.3. The summed E-state index contributed by atoms with van der Waals surface area (Å²) in [7, 11) is 3.39. The Balaban J connectivity index is 1.56. The quantitative estimate of drug-likeness (QED) is 0.687. The van der Waals surface area contributed by atoms with E-state index in [2.05, 4.69) is 23.1 Å². The van der Waals surface area contributed by atoms with Crippen LogP contribution in [0.4, 0.5) is 5.69 Å². The molecule has 29 heavy (non-hydrogen) atoms. The van der Waals surface area contributed by atoms with Gasteiger partial charge in [-0.2, -0.15) is 5.26 Å². The highest BCUT2D eigenvalue weighted by molar-refractivity contribution is 8.03. The van der Waals surface area contributed by atoms with Gasteiger partial charge < -0.3 is 4.90 Å². The van der Waals surface area contributed by atoms with E-state index in [4.69, 9.17) is 0 Å². The Bertz CT molecular complexity index is 1260. The van der Waals surface area contributed by atoms with Crippen molar-refractivity contribution >= 4 is 44.1 Å². The summed E-state index contributed by atoms with van der Waals surface area (Å²) >= 11 is 1.68. The molecule has 0 fully saturated rings. The fourth-order valence-electron chi connectivity index (χ4n) is 3.45. The first kappa shape index (κ1) is 17.8. The Morgan fingerprint density at radius 1 is 1.03 bits per heavy atom. The summed E-state index contributed by atoms with van der Waals surface area (Å²) in [6.07, 6.45) is 5.65. The van der Waals surface area contributed by atoms with Crippen LogP contribution in [0.1, 0.15) is 5.56 Å². The highest BCUT2D eigenvalue weighted by Gasteiger charge is 2.35. The summed E-state index contributed by atoms with van der Waals surface area (Å²) in [6, 6.07) is 20.1. The first-order valence-electron chi connectivity index (χ1n) is 9.04. The molecule has 3 aliphatic rings. The number of fused-ring (bicyclic) bond motifs is 2. The summed E-state index contributed by atoms with van der Waals surface area (Å²) in [5, 5.41) is 10.6. The summed E-state index contributed by atoms with van der Waals surface area (Å²) in [5.41, 5.74) is 3.29. The van der Waals surface area contributed by atoms with Crippen molar-refractivity contribution in [1.82, 2.24) is 4.90 Å². The van der Waals surface area contributed by atoms with E-state index >= 15 is 0 Å². The van der Waals surface area contributed by atoms with Gasteiger partial charge in [0.2, 0.25) is 0 Å². The predicted octanol–water partition coefficient (Wildman–Crippen LogP) is 4.34. The molecule has 4 nitrogen and oxygen atoms in total. The molecule has 0 radical (unpaired) electrons. The van der Waals surface area contributed by atoms with E-state index in [1.807, 2.05) is 61.7 Å². The van der Waals surface area contributed by atoms with Crippen LogP contribution in [0.15, 0.2) is 94.0 Å². The van der Waals surface area contributed by atoms with Crippen LogP contribution in [-0.4, -0.2) is 27.7 Å². The molecule has 0 N–H and O–H groups in total. The minimum atomic E-state index is -0.0942. The van der Waals surface area contributed by atoms with Crippen LogP contribution in [0, 0.1) is 11.3 Å². The van der Waals surface area contributed by atoms with Crippen molar-refractivity contribution in [2.75, 3.05) is 11.9 Å². The number of hydrogen-bond donors (Lipinski definition) is 0. The summed E-state index contributed by atoms with van der Waals surface area (Å²) < 4.78 is 0. The van der Waals surface area contributed by atoms with Crippen molar-refractivity contribution in [2.24, 2.45) is 0 Å². The smallest absolute Gasteiger partial charge is 0.274 e.